The summed E-state index contributed by atoms with van der Waals surface area (Å²) in [6.45, 7) is 2.67. The molecule has 0 spiro atoms. The predicted molar refractivity (Wildman–Crippen MR) is 102 cm³/mol. The fraction of sp³-hybridized carbons (Fsp3) is 0.200. The van der Waals surface area contributed by atoms with Crippen LogP contribution in [0.25, 0.3) is 10.6 Å². The van der Waals surface area contributed by atoms with Crippen LogP contribution in [0.4, 0.5) is 5.69 Å². The van der Waals surface area contributed by atoms with Crippen LogP contribution >= 0.6 is 11.3 Å². The highest BCUT2D eigenvalue weighted by molar-refractivity contribution is 7.13. The number of hydrogen-bond donors (Lipinski definition) is 1. The molecular weight excluding hydrogens is 332 g/mol. The number of thiazole rings is 1. The number of carbonyl (C=O) groups excluding carboxylic acids is 1. The Balaban J connectivity index is 1.65. The Hall–Kier alpha value is -2.66. The largest absolute Gasteiger partial charge is 0.491 e. The molecule has 3 aromatic rings. The quantitative estimate of drug-likeness (QED) is 0.666. The van der Waals surface area contributed by atoms with Crippen LogP contribution in [0.2, 0.25) is 0 Å². The molecule has 2 aromatic carbocycles. The van der Waals surface area contributed by atoms with Crippen LogP contribution in [0.15, 0.2) is 60.0 Å². The Morgan fingerprint density at radius 2 is 1.88 bits per heavy atom. The number of anilines is 1. The lowest BCUT2D eigenvalue weighted by molar-refractivity contribution is -0.115. The Labute approximate surface area is 151 Å². The molecule has 0 bridgehead atoms. The van der Waals surface area contributed by atoms with E-state index < -0.39 is 0 Å². The second-order valence-corrected chi connectivity index (χ2v) is 6.44. The van der Waals surface area contributed by atoms with Gasteiger partial charge in [-0.15, -0.1) is 11.3 Å². The molecule has 0 aliphatic heterocycles. The van der Waals surface area contributed by atoms with Crippen LogP contribution in [-0.2, 0) is 11.2 Å². The van der Waals surface area contributed by atoms with Gasteiger partial charge in [-0.05, 0) is 18.6 Å². The number of carbonyl (C=O) groups is 1. The van der Waals surface area contributed by atoms with Crippen molar-refractivity contribution >= 4 is 22.9 Å². The van der Waals surface area contributed by atoms with E-state index >= 15 is 0 Å². The Morgan fingerprint density at radius 1 is 1.12 bits per heavy atom. The van der Waals surface area contributed by atoms with Crippen molar-refractivity contribution in [1.29, 1.82) is 0 Å². The third-order valence-electron chi connectivity index (χ3n) is 3.54. The van der Waals surface area contributed by atoms with Crippen molar-refractivity contribution in [2.45, 2.75) is 19.8 Å². The minimum atomic E-state index is -0.0996. The summed E-state index contributed by atoms with van der Waals surface area (Å²) in [4.78, 5) is 16.9. The van der Waals surface area contributed by atoms with Gasteiger partial charge in [0.05, 0.1) is 24.4 Å². The standard InChI is InChI=1S/C20H20N2O2S/c1-2-12-24-18-11-7-6-10-17(18)22-19(23)13-16-14-25-20(21-16)15-8-4-3-5-9-15/h3-11,14H,2,12-13H2,1H3,(H,22,23). The summed E-state index contributed by atoms with van der Waals surface area (Å²) in [6.07, 6.45) is 1.16. The van der Waals surface area contributed by atoms with Crippen LogP contribution in [0.1, 0.15) is 19.0 Å². The molecule has 0 saturated carbocycles. The zero-order valence-electron chi connectivity index (χ0n) is 14.1. The molecule has 0 atom stereocenters. The van der Waals surface area contributed by atoms with Gasteiger partial charge in [0.25, 0.3) is 0 Å². The molecule has 25 heavy (non-hydrogen) atoms. The lowest BCUT2D eigenvalue weighted by atomic mass is 10.2. The zero-order chi connectivity index (χ0) is 17.5. The van der Waals surface area contributed by atoms with Crippen LogP contribution in [0.5, 0.6) is 5.75 Å². The highest BCUT2D eigenvalue weighted by Gasteiger charge is 2.11. The molecule has 5 heteroatoms. The molecule has 1 N–H and O–H groups in total. The van der Waals surface area contributed by atoms with Crippen molar-refractivity contribution in [2.24, 2.45) is 0 Å². The molecular formula is C20H20N2O2S. The van der Waals surface area contributed by atoms with Gasteiger partial charge in [0.15, 0.2) is 0 Å². The van der Waals surface area contributed by atoms with Crippen molar-refractivity contribution in [3.05, 3.63) is 65.7 Å². The Kier molecular flexibility index (Phi) is 5.80. The highest BCUT2D eigenvalue weighted by atomic mass is 32.1. The van der Waals surface area contributed by atoms with Gasteiger partial charge >= 0.3 is 0 Å². The number of nitrogens with zero attached hydrogens (tertiary/aromatic N) is 1. The second-order valence-electron chi connectivity index (χ2n) is 5.58. The van der Waals surface area contributed by atoms with E-state index in [9.17, 15) is 4.79 Å². The summed E-state index contributed by atoms with van der Waals surface area (Å²) in [5.74, 6) is 0.596. The van der Waals surface area contributed by atoms with E-state index in [4.69, 9.17) is 4.74 Å². The van der Waals surface area contributed by atoms with E-state index in [1.165, 1.54) is 0 Å². The van der Waals surface area contributed by atoms with Gasteiger partial charge in [0.2, 0.25) is 5.91 Å². The van der Waals surface area contributed by atoms with Crippen molar-refractivity contribution in [3.8, 4) is 16.3 Å². The fourth-order valence-corrected chi connectivity index (χ4v) is 3.19. The summed E-state index contributed by atoms with van der Waals surface area (Å²) >= 11 is 1.55. The number of rotatable bonds is 7. The fourth-order valence-electron chi connectivity index (χ4n) is 2.37. The van der Waals surface area contributed by atoms with Crippen LogP contribution in [0, 0.1) is 0 Å². The second kappa shape index (κ2) is 8.44. The number of amides is 1. The summed E-state index contributed by atoms with van der Waals surface area (Å²) in [5.41, 5.74) is 2.53. The minimum Gasteiger partial charge on any atom is -0.491 e. The smallest absolute Gasteiger partial charge is 0.230 e. The molecule has 1 heterocycles. The van der Waals surface area contributed by atoms with Gasteiger partial charge in [-0.3, -0.25) is 4.79 Å². The number of aromatic nitrogens is 1. The minimum absolute atomic E-state index is 0.0996. The Bertz CT molecular complexity index is 830. The van der Waals surface area contributed by atoms with E-state index in [-0.39, 0.29) is 12.3 Å². The highest BCUT2D eigenvalue weighted by Crippen LogP contribution is 2.25. The Morgan fingerprint density at radius 3 is 2.68 bits per heavy atom. The molecule has 0 radical (unpaired) electrons. The first kappa shape index (κ1) is 17.2. The number of para-hydroxylation sites is 2. The molecule has 0 aliphatic rings. The van der Waals surface area contributed by atoms with Crippen molar-refractivity contribution in [2.75, 3.05) is 11.9 Å². The van der Waals surface area contributed by atoms with Gasteiger partial charge in [-0.25, -0.2) is 4.98 Å². The molecule has 0 fully saturated rings. The van der Waals surface area contributed by atoms with Gasteiger partial charge in [0.1, 0.15) is 10.8 Å². The molecule has 3 rings (SSSR count). The van der Waals surface area contributed by atoms with Gasteiger partial charge in [-0.2, -0.15) is 0 Å². The summed E-state index contributed by atoms with van der Waals surface area (Å²) < 4.78 is 5.67. The summed E-state index contributed by atoms with van der Waals surface area (Å²) in [6, 6.07) is 17.5. The summed E-state index contributed by atoms with van der Waals surface area (Å²) in [7, 11) is 0. The van der Waals surface area contributed by atoms with Crippen LogP contribution in [-0.4, -0.2) is 17.5 Å². The van der Waals surface area contributed by atoms with Crippen molar-refractivity contribution < 1.29 is 9.53 Å². The normalized spacial score (nSPS) is 10.4. The first-order valence-electron chi connectivity index (χ1n) is 8.27. The third-order valence-corrected chi connectivity index (χ3v) is 4.48. The topological polar surface area (TPSA) is 51.2 Å². The summed E-state index contributed by atoms with van der Waals surface area (Å²) in [5, 5.41) is 5.78. The predicted octanol–water partition coefficient (Wildman–Crippen LogP) is 4.78. The maximum absolute atomic E-state index is 12.4. The van der Waals surface area contributed by atoms with Gasteiger partial charge in [-0.1, -0.05) is 49.4 Å². The van der Waals surface area contributed by atoms with E-state index in [1.54, 1.807) is 11.3 Å². The molecule has 0 unspecified atom stereocenters. The molecule has 1 aromatic heterocycles. The molecule has 128 valence electrons. The lowest BCUT2D eigenvalue weighted by Gasteiger charge is -2.11. The number of hydrogen-bond acceptors (Lipinski definition) is 4. The number of ether oxygens (including phenoxy) is 1. The first-order valence-corrected chi connectivity index (χ1v) is 9.15. The van der Waals surface area contributed by atoms with Crippen LogP contribution < -0.4 is 10.1 Å². The SMILES string of the molecule is CCCOc1ccccc1NC(=O)Cc1csc(-c2ccccc2)n1. The molecule has 0 aliphatic carbocycles. The number of benzene rings is 2. The number of nitrogens with one attached hydrogen (secondary N) is 1. The lowest BCUT2D eigenvalue weighted by Crippen LogP contribution is -2.15. The van der Waals surface area contributed by atoms with E-state index in [0.717, 1.165) is 22.7 Å². The van der Waals surface area contributed by atoms with E-state index in [0.29, 0.717) is 18.0 Å². The van der Waals surface area contributed by atoms with E-state index in [1.807, 2.05) is 66.9 Å². The van der Waals surface area contributed by atoms with E-state index in [2.05, 4.69) is 10.3 Å². The molecule has 1 amide bonds. The van der Waals surface area contributed by atoms with Crippen LogP contribution in [0.3, 0.4) is 0 Å². The molecule has 0 saturated heterocycles. The van der Waals surface area contributed by atoms with Gasteiger partial charge < -0.3 is 10.1 Å². The van der Waals surface area contributed by atoms with Crippen molar-refractivity contribution in [1.82, 2.24) is 4.98 Å². The first-order chi connectivity index (χ1) is 12.3. The molecule has 4 nitrogen and oxygen atoms in total. The van der Waals surface area contributed by atoms with Gasteiger partial charge in [0, 0.05) is 10.9 Å². The maximum atomic E-state index is 12.4. The van der Waals surface area contributed by atoms with Crippen molar-refractivity contribution in [3.63, 3.8) is 0 Å². The third kappa shape index (κ3) is 4.67. The average Bonchev–Trinajstić information content (AvgIpc) is 3.10. The average molecular weight is 352 g/mol. The zero-order valence-corrected chi connectivity index (χ0v) is 14.9. The monoisotopic (exact) mass is 352 g/mol. The maximum Gasteiger partial charge on any atom is 0.230 e.